The van der Waals surface area contributed by atoms with Crippen LogP contribution in [-0.2, 0) is 17.1 Å². The maximum atomic E-state index is 2.32. The molecule has 0 heterocycles. The van der Waals surface area contributed by atoms with E-state index in [1.54, 1.807) is 11.8 Å². The summed E-state index contributed by atoms with van der Waals surface area (Å²) in [6.45, 7) is 6.85. The zero-order valence-electron chi connectivity index (χ0n) is 9.88. The van der Waals surface area contributed by atoms with Gasteiger partial charge in [0, 0.05) is 0 Å². The fourth-order valence-electron chi connectivity index (χ4n) is 2.16. The van der Waals surface area contributed by atoms with Gasteiger partial charge in [0.2, 0.25) is 0 Å². The molecule has 0 aliphatic heterocycles. The van der Waals surface area contributed by atoms with Gasteiger partial charge in [0.25, 0.3) is 0 Å². The number of rotatable bonds is 0. The van der Waals surface area contributed by atoms with Crippen molar-refractivity contribution in [2.45, 2.75) is 65.7 Å². The first-order valence-corrected chi connectivity index (χ1v) is 5.83. The second-order valence-corrected chi connectivity index (χ2v) is 4.80. The van der Waals surface area contributed by atoms with Gasteiger partial charge in [0.1, 0.15) is 0 Å². The smallest absolute Gasteiger partial charge is 0.317 e. The van der Waals surface area contributed by atoms with E-state index < -0.39 is 0 Å². The van der Waals surface area contributed by atoms with Crippen LogP contribution in [0, 0.1) is 17.8 Å². The Morgan fingerprint density at radius 2 is 1.50 bits per heavy atom. The van der Waals surface area contributed by atoms with Crippen LogP contribution in [0.5, 0.6) is 0 Å². The molecule has 0 saturated heterocycles. The van der Waals surface area contributed by atoms with Gasteiger partial charge >= 0.3 is 17.1 Å². The van der Waals surface area contributed by atoms with E-state index in [4.69, 9.17) is 0 Å². The van der Waals surface area contributed by atoms with E-state index in [9.17, 15) is 0 Å². The Balaban J connectivity index is 0.000000227. The van der Waals surface area contributed by atoms with Gasteiger partial charge < -0.3 is 11.8 Å². The Kier molecular flexibility index (Phi) is 8.05. The fourth-order valence-corrected chi connectivity index (χ4v) is 2.16. The first-order chi connectivity index (χ1) is 6.20. The van der Waals surface area contributed by atoms with Crippen molar-refractivity contribution in [3.05, 3.63) is 11.8 Å². The normalized spacial score (nSPS) is 28.1. The van der Waals surface area contributed by atoms with Crippen LogP contribution in [0.3, 0.4) is 0 Å². The maximum absolute atomic E-state index is 2.32. The largest absolute Gasteiger partial charge is 2.00 e. The van der Waals surface area contributed by atoms with E-state index >= 15 is 0 Å². The summed E-state index contributed by atoms with van der Waals surface area (Å²) in [7, 11) is 0. The first kappa shape index (κ1) is 14.5. The minimum Gasteiger partial charge on any atom is -0.317 e. The molecule has 2 fully saturated rings. The molecule has 1 atom stereocenters. The molecule has 0 N–H and O–H groups in total. The van der Waals surface area contributed by atoms with Gasteiger partial charge in [-0.2, -0.15) is 39.0 Å². The van der Waals surface area contributed by atoms with Gasteiger partial charge in [-0.25, -0.2) is 0 Å². The third-order valence-electron chi connectivity index (χ3n) is 3.51. The molecular formula is C13H24Fe. The van der Waals surface area contributed by atoms with Crippen LogP contribution in [0.25, 0.3) is 0 Å². The minimum atomic E-state index is 0. The predicted octanol–water partition coefficient (Wildman–Crippen LogP) is 4.55. The Hall–Kier alpha value is 0.519. The molecule has 2 rings (SSSR count). The van der Waals surface area contributed by atoms with Crippen molar-refractivity contribution in [1.29, 1.82) is 0 Å². The Morgan fingerprint density at radius 1 is 0.929 bits per heavy atom. The third kappa shape index (κ3) is 5.41. The van der Waals surface area contributed by atoms with E-state index in [1.165, 1.54) is 44.9 Å². The van der Waals surface area contributed by atoms with Crippen LogP contribution in [0.15, 0.2) is 0 Å². The molecule has 2 saturated carbocycles. The van der Waals surface area contributed by atoms with Crippen molar-refractivity contribution in [2.75, 3.05) is 0 Å². The van der Waals surface area contributed by atoms with Crippen molar-refractivity contribution < 1.29 is 17.1 Å². The summed E-state index contributed by atoms with van der Waals surface area (Å²) in [5.74, 6) is 4.34. The van der Waals surface area contributed by atoms with Gasteiger partial charge in [-0.1, -0.05) is 32.6 Å². The molecule has 0 aromatic rings. The van der Waals surface area contributed by atoms with Gasteiger partial charge in [-0.15, -0.1) is 0 Å². The molecule has 1 unspecified atom stereocenters. The summed E-state index contributed by atoms with van der Waals surface area (Å²) in [6.07, 6.45) is 9.97. The molecule has 14 heavy (non-hydrogen) atoms. The topological polar surface area (TPSA) is 0 Å². The average Bonchev–Trinajstić information content (AvgIpc) is 2.67. The fraction of sp³-hybridized carbons (Fsp3) is 0.846. The molecule has 1 heteroatoms. The third-order valence-corrected chi connectivity index (χ3v) is 3.51. The van der Waals surface area contributed by atoms with Crippen molar-refractivity contribution in [3.63, 3.8) is 0 Å². The second kappa shape index (κ2) is 7.76. The average molecular weight is 236 g/mol. The van der Waals surface area contributed by atoms with Crippen molar-refractivity contribution in [2.24, 2.45) is 5.92 Å². The molecule has 0 aromatic carbocycles. The van der Waals surface area contributed by atoms with Crippen LogP contribution in [0.4, 0.5) is 0 Å². The van der Waals surface area contributed by atoms with Gasteiger partial charge in [0.05, 0.1) is 0 Å². The van der Waals surface area contributed by atoms with Crippen LogP contribution in [-0.4, -0.2) is 0 Å². The van der Waals surface area contributed by atoms with E-state index in [1.807, 2.05) is 0 Å². The van der Waals surface area contributed by atoms with Gasteiger partial charge in [-0.3, -0.25) is 0 Å². The number of hydrogen-bond donors (Lipinski definition) is 0. The molecule has 0 spiro atoms. The van der Waals surface area contributed by atoms with E-state index in [0.29, 0.717) is 0 Å². The van der Waals surface area contributed by atoms with Gasteiger partial charge in [0.15, 0.2) is 0 Å². The molecule has 84 valence electrons. The molecule has 0 nitrogen and oxygen atoms in total. The predicted molar refractivity (Wildman–Crippen MR) is 59.3 cm³/mol. The maximum Gasteiger partial charge on any atom is 2.00 e. The molecule has 2 aliphatic carbocycles. The minimum absolute atomic E-state index is 0. The van der Waals surface area contributed by atoms with Gasteiger partial charge in [-0.05, 0) is 0 Å². The quantitative estimate of drug-likeness (QED) is 0.427. The van der Waals surface area contributed by atoms with Crippen molar-refractivity contribution >= 4 is 0 Å². The van der Waals surface area contributed by atoms with Crippen LogP contribution >= 0.6 is 0 Å². The zero-order chi connectivity index (χ0) is 9.68. The summed E-state index contributed by atoms with van der Waals surface area (Å²) in [6, 6.07) is 0. The van der Waals surface area contributed by atoms with E-state index in [0.717, 1.165) is 5.92 Å². The SMILES string of the molecule is C[C-]1CCCC1.C[C-]1CCCC1C.[Fe+2]. The molecule has 0 radical (unpaired) electrons. The van der Waals surface area contributed by atoms with E-state index in [2.05, 4.69) is 20.8 Å². The number of hydrogen-bond acceptors (Lipinski definition) is 0. The Bertz CT molecular complexity index is 119. The Labute approximate surface area is 101 Å². The molecule has 0 aromatic heterocycles. The zero-order valence-corrected chi connectivity index (χ0v) is 11.0. The summed E-state index contributed by atoms with van der Waals surface area (Å²) < 4.78 is 0. The van der Waals surface area contributed by atoms with E-state index in [-0.39, 0.29) is 17.1 Å². The Morgan fingerprint density at radius 3 is 1.64 bits per heavy atom. The summed E-state index contributed by atoms with van der Waals surface area (Å²) in [5, 5.41) is 0. The summed E-state index contributed by atoms with van der Waals surface area (Å²) >= 11 is 0. The summed E-state index contributed by atoms with van der Waals surface area (Å²) in [5.41, 5.74) is 0. The van der Waals surface area contributed by atoms with Crippen molar-refractivity contribution in [1.82, 2.24) is 0 Å². The summed E-state index contributed by atoms with van der Waals surface area (Å²) in [4.78, 5) is 0. The molecule has 2 aliphatic rings. The monoisotopic (exact) mass is 236 g/mol. The first-order valence-electron chi connectivity index (χ1n) is 5.83. The van der Waals surface area contributed by atoms with Crippen LogP contribution in [0.2, 0.25) is 0 Å². The molecular weight excluding hydrogens is 212 g/mol. The molecule has 0 bridgehead atoms. The van der Waals surface area contributed by atoms with Crippen LogP contribution in [0.1, 0.15) is 65.7 Å². The second-order valence-electron chi connectivity index (χ2n) is 4.80. The molecule has 0 amide bonds. The van der Waals surface area contributed by atoms with Crippen LogP contribution < -0.4 is 0 Å². The van der Waals surface area contributed by atoms with Crippen molar-refractivity contribution in [3.8, 4) is 0 Å². The standard InChI is InChI=1S/C7H13.C6H11.Fe/c1-6-4-3-5-7(6)2;1-6-4-2-3-5-6;/h6H,3-5H2,1-2H3;2-5H2,1H3;/q2*-1;+2.